The van der Waals surface area contributed by atoms with E-state index in [1.54, 1.807) is 0 Å². The highest BCUT2D eigenvalue weighted by atomic mass is 16.1. The van der Waals surface area contributed by atoms with Crippen LogP contribution in [0.5, 0.6) is 0 Å². The van der Waals surface area contributed by atoms with Gasteiger partial charge in [0.25, 0.3) is 0 Å². The van der Waals surface area contributed by atoms with Gasteiger partial charge < -0.3 is 4.90 Å². The Kier molecular flexibility index (Phi) is 3.65. The highest BCUT2D eigenvalue weighted by Gasteiger charge is 2.16. The van der Waals surface area contributed by atoms with Crippen LogP contribution in [-0.4, -0.2) is 29.3 Å². The molecule has 4 heteroatoms. The third kappa shape index (κ3) is 2.23. The highest BCUT2D eigenvalue weighted by molar-refractivity contribution is 5.83. The second-order valence-corrected chi connectivity index (χ2v) is 4.76. The zero-order valence-corrected chi connectivity index (χ0v) is 11.1. The summed E-state index contributed by atoms with van der Waals surface area (Å²) in [6.07, 6.45) is 3.86. The summed E-state index contributed by atoms with van der Waals surface area (Å²) in [5.41, 5.74) is 1.43. The third-order valence-corrected chi connectivity index (χ3v) is 3.30. The second kappa shape index (κ2) is 5.21. The van der Waals surface area contributed by atoms with Crippen molar-refractivity contribution in [1.29, 1.82) is 0 Å². The summed E-state index contributed by atoms with van der Waals surface area (Å²) >= 11 is 0. The molecule has 0 aromatic carbocycles. The molecule has 0 spiro atoms. The molecule has 18 heavy (non-hydrogen) atoms. The number of aromatic nitrogens is 2. The van der Waals surface area contributed by atoms with Crippen LogP contribution < -0.4 is 4.90 Å². The summed E-state index contributed by atoms with van der Waals surface area (Å²) in [5, 5.41) is 0. The van der Waals surface area contributed by atoms with Crippen molar-refractivity contribution in [2.45, 2.75) is 20.3 Å². The Balaban J connectivity index is 2.40. The van der Waals surface area contributed by atoms with Gasteiger partial charge in [-0.3, -0.25) is 9.20 Å². The van der Waals surface area contributed by atoms with Gasteiger partial charge in [0.05, 0.1) is 0 Å². The first-order valence-corrected chi connectivity index (χ1v) is 6.30. The number of carbonyl (C=O) groups is 1. The normalized spacial score (nSPS) is 12.6. The molecule has 0 radical (unpaired) electrons. The van der Waals surface area contributed by atoms with E-state index in [1.807, 2.05) is 35.8 Å². The average molecular weight is 245 g/mol. The van der Waals surface area contributed by atoms with Crippen molar-refractivity contribution in [3.63, 3.8) is 0 Å². The summed E-state index contributed by atoms with van der Waals surface area (Å²) in [6, 6.07) is 5.74. The molecule has 0 bridgehead atoms. The van der Waals surface area contributed by atoms with Gasteiger partial charge >= 0.3 is 0 Å². The first-order valence-electron chi connectivity index (χ1n) is 6.30. The Labute approximate surface area is 107 Å². The monoisotopic (exact) mass is 245 g/mol. The van der Waals surface area contributed by atoms with Crippen molar-refractivity contribution < 1.29 is 4.79 Å². The predicted octanol–water partition coefficient (Wildman–Crippen LogP) is 2.63. The molecular formula is C14H19N3O. The van der Waals surface area contributed by atoms with Crippen LogP contribution in [0.15, 0.2) is 24.4 Å². The lowest BCUT2D eigenvalue weighted by molar-refractivity contribution is 0.111. The maximum atomic E-state index is 11.3. The zero-order valence-electron chi connectivity index (χ0n) is 11.1. The van der Waals surface area contributed by atoms with E-state index in [0.717, 1.165) is 30.7 Å². The number of carbonyl (C=O) groups excluding carboxylic acids is 1. The van der Waals surface area contributed by atoms with Crippen molar-refractivity contribution in [1.82, 2.24) is 9.38 Å². The van der Waals surface area contributed by atoms with Gasteiger partial charge in [-0.15, -0.1) is 0 Å². The van der Waals surface area contributed by atoms with E-state index in [4.69, 9.17) is 0 Å². The van der Waals surface area contributed by atoms with Crippen LogP contribution >= 0.6 is 0 Å². The Hall–Kier alpha value is -1.84. The van der Waals surface area contributed by atoms with Gasteiger partial charge in [-0.2, -0.15) is 0 Å². The molecule has 0 saturated heterocycles. The van der Waals surface area contributed by atoms with Gasteiger partial charge in [0, 0.05) is 19.8 Å². The molecule has 0 aliphatic carbocycles. The first-order chi connectivity index (χ1) is 8.67. The molecule has 0 aliphatic heterocycles. The van der Waals surface area contributed by atoms with Crippen molar-refractivity contribution >= 4 is 17.8 Å². The van der Waals surface area contributed by atoms with E-state index in [2.05, 4.69) is 23.7 Å². The zero-order chi connectivity index (χ0) is 13.1. The predicted molar refractivity (Wildman–Crippen MR) is 73.3 cm³/mol. The minimum atomic E-state index is 0.583. The van der Waals surface area contributed by atoms with Crippen LogP contribution in [0.1, 0.15) is 30.8 Å². The van der Waals surface area contributed by atoms with Crippen LogP contribution in [0.3, 0.4) is 0 Å². The van der Waals surface area contributed by atoms with E-state index in [0.29, 0.717) is 11.6 Å². The van der Waals surface area contributed by atoms with Crippen LogP contribution in [0, 0.1) is 5.92 Å². The Morgan fingerprint density at radius 1 is 1.50 bits per heavy atom. The van der Waals surface area contributed by atoms with Crippen molar-refractivity contribution in [3.8, 4) is 0 Å². The topological polar surface area (TPSA) is 37.6 Å². The molecule has 2 aromatic rings. The summed E-state index contributed by atoms with van der Waals surface area (Å²) in [4.78, 5) is 17.9. The quantitative estimate of drug-likeness (QED) is 0.760. The second-order valence-electron chi connectivity index (χ2n) is 4.76. The molecule has 0 fully saturated rings. The van der Waals surface area contributed by atoms with Crippen LogP contribution in [0.2, 0.25) is 0 Å². The number of nitrogens with zero attached hydrogens (tertiary/aromatic N) is 3. The van der Waals surface area contributed by atoms with Gasteiger partial charge in [0.15, 0.2) is 12.1 Å². The minimum absolute atomic E-state index is 0.583. The molecule has 1 unspecified atom stereocenters. The van der Waals surface area contributed by atoms with Crippen molar-refractivity contribution in [3.05, 3.63) is 30.1 Å². The van der Waals surface area contributed by atoms with E-state index in [1.165, 1.54) is 0 Å². The molecule has 1 atom stereocenters. The molecule has 4 nitrogen and oxygen atoms in total. The Bertz CT molecular complexity index is 547. The van der Waals surface area contributed by atoms with Gasteiger partial charge in [-0.25, -0.2) is 4.98 Å². The molecule has 0 saturated carbocycles. The number of pyridine rings is 1. The van der Waals surface area contributed by atoms with Crippen LogP contribution in [0.25, 0.3) is 5.65 Å². The Morgan fingerprint density at radius 3 is 2.94 bits per heavy atom. The maximum Gasteiger partial charge on any atom is 0.170 e. The van der Waals surface area contributed by atoms with E-state index in [9.17, 15) is 4.79 Å². The molecule has 96 valence electrons. The smallest absolute Gasteiger partial charge is 0.170 e. The standard InChI is InChI=1S/C14H19N3O/c1-4-11(2)9-16(3)14-12(10-18)17-8-6-5-7-13(17)15-14/h5-8,10-11H,4,9H2,1-3H3. The number of anilines is 1. The number of fused-ring (bicyclic) bond motifs is 1. The van der Waals surface area contributed by atoms with E-state index < -0.39 is 0 Å². The number of hydrogen-bond donors (Lipinski definition) is 0. The fourth-order valence-electron chi connectivity index (χ4n) is 2.08. The Morgan fingerprint density at radius 2 is 2.28 bits per heavy atom. The molecule has 2 rings (SSSR count). The summed E-state index contributed by atoms with van der Waals surface area (Å²) < 4.78 is 1.83. The lowest BCUT2D eigenvalue weighted by Gasteiger charge is -2.20. The van der Waals surface area contributed by atoms with Gasteiger partial charge in [-0.05, 0) is 18.1 Å². The van der Waals surface area contributed by atoms with Gasteiger partial charge in [-0.1, -0.05) is 26.3 Å². The van der Waals surface area contributed by atoms with Crippen LogP contribution in [0.4, 0.5) is 5.82 Å². The summed E-state index contributed by atoms with van der Waals surface area (Å²) in [7, 11) is 1.99. The SMILES string of the molecule is CCC(C)CN(C)c1nc2ccccn2c1C=O. The van der Waals surface area contributed by atoms with Crippen molar-refractivity contribution in [2.75, 3.05) is 18.5 Å². The highest BCUT2D eigenvalue weighted by Crippen LogP contribution is 2.20. The number of imidazole rings is 1. The lowest BCUT2D eigenvalue weighted by Crippen LogP contribution is -2.25. The molecule has 0 amide bonds. The average Bonchev–Trinajstić information content (AvgIpc) is 2.77. The minimum Gasteiger partial charge on any atom is -0.358 e. The van der Waals surface area contributed by atoms with Crippen LogP contribution in [-0.2, 0) is 0 Å². The van der Waals surface area contributed by atoms with Crippen molar-refractivity contribution in [2.24, 2.45) is 5.92 Å². The lowest BCUT2D eigenvalue weighted by atomic mass is 10.1. The number of rotatable bonds is 5. The fraction of sp³-hybridized carbons (Fsp3) is 0.429. The summed E-state index contributed by atoms with van der Waals surface area (Å²) in [5.74, 6) is 1.34. The molecule has 0 aliphatic rings. The number of aldehydes is 1. The van der Waals surface area contributed by atoms with E-state index >= 15 is 0 Å². The largest absolute Gasteiger partial charge is 0.358 e. The molecule has 2 aromatic heterocycles. The molecular weight excluding hydrogens is 226 g/mol. The summed E-state index contributed by atoms with van der Waals surface area (Å²) in [6.45, 7) is 5.27. The maximum absolute atomic E-state index is 11.3. The van der Waals surface area contributed by atoms with Gasteiger partial charge in [0.1, 0.15) is 11.3 Å². The third-order valence-electron chi connectivity index (χ3n) is 3.30. The molecule has 2 heterocycles. The fourth-order valence-corrected chi connectivity index (χ4v) is 2.08. The first kappa shape index (κ1) is 12.6. The van der Waals surface area contributed by atoms with E-state index in [-0.39, 0.29) is 0 Å². The van der Waals surface area contributed by atoms with Gasteiger partial charge in [0.2, 0.25) is 0 Å². The molecule has 0 N–H and O–H groups in total. The number of hydrogen-bond acceptors (Lipinski definition) is 3.